The number of aldehydes is 1. The second-order valence-corrected chi connectivity index (χ2v) is 3.72. The maximum atomic E-state index is 11.5. The molecule has 2 radical (unpaired) electrons. The molecule has 1 aromatic rings. The summed E-state index contributed by atoms with van der Waals surface area (Å²) in [6.07, 6.45) is 2.27. The molecule has 0 spiro atoms. The van der Waals surface area contributed by atoms with E-state index in [4.69, 9.17) is 22.8 Å². The number of hydrogen-bond acceptors (Lipinski definition) is 6. The Labute approximate surface area is 109 Å². The van der Waals surface area contributed by atoms with Gasteiger partial charge in [0.15, 0.2) is 6.29 Å². The summed E-state index contributed by atoms with van der Waals surface area (Å²) in [6, 6.07) is -0.413. The topological polar surface area (TPSA) is 122 Å². The summed E-state index contributed by atoms with van der Waals surface area (Å²) >= 11 is 0. The molecule has 1 aliphatic heterocycles. The van der Waals surface area contributed by atoms with E-state index in [9.17, 15) is 14.4 Å². The average molecular weight is 268 g/mol. The van der Waals surface area contributed by atoms with Gasteiger partial charge in [-0.2, -0.15) is 0 Å². The van der Waals surface area contributed by atoms with Gasteiger partial charge >= 0.3 is 5.69 Å². The molecular formula is C10H13BN2O6. The fourth-order valence-corrected chi connectivity index (χ4v) is 1.65. The van der Waals surface area contributed by atoms with E-state index in [-0.39, 0.29) is 5.56 Å². The summed E-state index contributed by atoms with van der Waals surface area (Å²) in [7, 11) is 5.53. The molecule has 1 saturated heterocycles. The molecule has 0 aliphatic carbocycles. The second-order valence-electron chi connectivity index (χ2n) is 3.72. The van der Waals surface area contributed by atoms with Crippen molar-refractivity contribution in [2.24, 2.45) is 0 Å². The van der Waals surface area contributed by atoms with Gasteiger partial charge in [0.1, 0.15) is 20.9 Å². The monoisotopic (exact) mass is 268 g/mol. The molecular weight excluding hydrogens is 255 g/mol. The van der Waals surface area contributed by atoms with Crippen molar-refractivity contribution < 1.29 is 19.7 Å². The third-order valence-corrected chi connectivity index (χ3v) is 2.46. The molecule has 8 nitrogen and oxygen atoms in total. The lowest BCUT2D eigenvalue weighted by Gasteiger charge is -2.14. The summed E-state index contributed by atoms with van der Waals surface area (Å²) < 4.78 is 6.45. The Morgan fingerprint density at radius 3 is 2.58 bits per heavy atom. The number of aliphatic hydroxyl groups excluding tert-OH is 1. The van der Waals surface area contributed by atoms with Gasteiger partial charge in [-0.15, -0.1) is 0 Å². The van der Waals surface area contributed by atoms with Gasteiger partial charge in [-0.1, -0.05) is 0 Å². The van der Waals surface area contributed by atoms with Crippen molar-refractivity contribution in [1.82, 2.24) is 9.55 Å². The van der Waals surface area contributed by atoms with Crippen LogP contribution in [0.2, 0.25) is 0 Å². The second kappa shape index (κ2) is 7.02. The van der Waals surface area contributed by atoms with Gasteiger partial charge in [-0.3, -0.25) is 19.1 Å². The zero-order chi connectivity index (χ0) is 14.4. The van der Waals surface area contributed by atoms with E-state index in [1.807, 2.05) is 4.98 Å². The van der Waals surface area contributed by atoms with Gasteiger partial charge in [-0.25, -0.2) is 4.79 Å². The minimum atomic E-state index is -0.750. The molecule has 2 heterocycles. The van der Waals surface area contributed by atoms with E-state index in [1.165, 1.54) is 10.8 Å². The molecule has 0 amide bonds. The summed E-state index contributed by atoms with van der Waals surface area (Å²) in [4.78, 5) is 35.2. The number of rotatable bonds is 2. The van der Waals surface area contributed by atoms with Crippen LogP contribution in [0.3, 0.4) is 0 Å². The number of carbonyl (C=O) groups is 1. The lowest BCUT2D eigenvalue weighted by molar-refractivity contribution is 0.0339. The lowest BCUT2D eigenvalue weighted by Crippen LogP contribution is -2.34. The summed E-state index contributed by atoms with van der Waals surface area (Å²) in [5, 5.41) is 14.2. The van der Waals surface area contributed by atoms with Gasteiger partial charge in [-0.05, 0) is 12.8 Å². The first-order valence-corrected chi connectivity index (χ1v) is 5.46. The van der Waals surface area contributed by atoms with Crippen molar-refractivity contribution in [2.75, 3.05) is 6.79 Å². The molecule has 0 bridgehead atoms. The van der Waals surface area contributed by atoms with E-state index in [1.54, 1.807) is 0 Å². The van der Waals surface area contributed by atoms with Crippen molar-refractivity contribution in [3.63, 3.8) is 0 Å². The van der Waals surface area contributed by atoms with Gasteiger partial charge in [0.05, 0.1) is 5.56 Å². The Morgan fingerprint density at radius 1 is 1.47 bits per heavy atom. The van der Waals surface area contributed by atoms with Crippen LogP contribution < -0.4 is 11.2 Å². The van der Waals surface area contributed by atoms with Crippen molar-refractivity contribution in [3.05, 3.63) is 32.6 Å². The first-order valence-electron chi connectivity index (χ1n) is 5.46. The quantitative estimate of drug-likeness (QED) is 0.326. The standard InChI is InChI=1S/C9H9BN2O4.CH4O2/c10-6-1-2-7(16-6)12-3-5(4-13)8(14)11-9(12)15;2-1-3/h3-4,6-7H,1-2H2,(H,11,14,15);2-3H,1H2/t6-,7?;/m0./s1. The molecule has 1 fully saturated rings. The number of aliphatic hydroxyl groups is 2. The van der Waals surface area contributed by atoms with Crippen LogP contribution in [0.1, 0.15) is 29.4 Å². The number of aromatic nitrogens is 2. The highest BCUT2D eigenvalue weighted by Crippen LogP contribution is 2.24. The average Bonchev–Trinajstić information content (AvgIpc) is 2.77. The van der Waals surface area contributed by atoms with E-state index in [2.05, 4.69) is 0 Å². The van der Waals surface area contributed by atoms with Crippen molar-refractivity contribution >= 4 is 14.1 Å². The Bertz CT molecular complexity index is 540. The van der Waals surface area contributed by atoms with Crippen molar-refractivity contribution in [1.29, 1.82) is 0 Å². The van der Waals surface area contributed by atoms with Crippen LogP contribution in [0.15, 0.2) is 15.8 Å². The van der Waals surface area contributed by atoms with Gasteiger partial charge in [0, 0.05) is 12.2 Å². The van der Waals surface area contributed by atoms with Crippen LogP contribution in [-0.4, -0.2) is 46.7 Å². The minimum Gasteiger partial charge on any atom is -0.371 e. The highest BCUT2D eigenvalue weighted by molar-refractivity contribution is 6.11. The largest absolute Gasteiger partial charge is 0.371 e. The molecule has 2 rings (SSSR count). The van der Waals surface area contributed by atoms with Crippen LogP contribution in [0.5, 0.6) is 0 Å². The fourth-order valence-electron chi connectivity index (χ4n) is 1.65. The number of nitrogens with one attached hydrogen (secondary N) is 1. The molecule has 102 valence electrons. The number of aromatic amines is 1. The molecule has 3 N–H and O–H groups in total. The third-order valence-electron chi connectivity index (χ3n) is 2.46. The van der Waals surface area contributed by atoms with Crippen LogP contribution in [0, 0.1) is 0 Å². The van der Waals surface area contributed by atoms with E-state index in [0.717, 1.165) is 0 Å². The fraction of sp³-hybridized carbons (Fsp3) is 0.500. The zero-order valence-electron chi connectivity index (χ0n) is 9.98. The number of nitrogens with zero attached hydrogens (tertiary/aromatic N) is 1. The van der Waals surface area contributed by atoms with Crippen LogP contribution in [0.4, 0.5) is 0 Å². The van der Waals surface area contributed by atoms with Crippen molar-refractivity contribution in [2.45, 2.75) is 25.1 Å². The van der Waals surface area contributed by atoms with Gasteiger partial charge in [0.2, 0.25) is 0 Å². The first kappa shape index (κ1) is 15.4. The molecule has 1 aromatic heterocycles. The molecule has 9 heteroatoms. The zero-order valence-corrected chi connectivity index (χ0v) is 9.98. The Hall–Kier alpha value is -1.71. The number of carbonyl (C=O) groups excluding carboxylic acids is 1. The normalized spacial score (nSPS) is 21.6. The van der Waals surface area contributed by atoms with Gasteiger partial charge < -0.3 is 14.9 Å². The van der Waals surface area contributed by atoms with E-state index < -0.39 is 30.3 Å². The highest BCUT2D eigenvalue weighted by atomic mass is 16.5. The first-order chi connectivity index (χ1) is 9.03. The lowest BCUT2D eigenvalue weighted by atomic mass is 9.98. The highest BCUT2D eigenvalue weighted by Gasteiger charge is 2.24. The van der Waals surface area contributed by atoms with E-state index in [0.29, 0.717) is 19.1 Å². The molecule has 1 unspecified atom stereocenters. The Balaban J connectivity index is 0.000000550. The van der Waals surface area contributed by atoms with Crippen LogP contribution >= 0.6 is 0 Å². The number of H-pyrrole nitrogens is 1. The summed E-state index contributed by atoms with van der Waals surface area (Å²) in [6.45, 7) is -0.750. The molecule has 2 atom stereocenters. The molecule has 0 aromatic carbocycles. The maximum absolute atomic E-state index is 11.5. The van der Waals surface area contributed by atoms with Crippen molar-refractivity contribution in [3.8, 4) is 0 Å². The van der Waals surface area contributed by atoms with Crippen LogP contribution in [-0.2, 0) is 4.74 Å². The minimum absolute atomic E-state index is 0.108. The Morgan fingerprint density at radius 2 is 2.11 bits per heavy atom. The number of hydrogen-bond donors (Lipinski definition) is 3. The molecule has 1 aliphatic rings. The maximum Gasteiger partial charge on any atom is 0.330 e. The molecule has 19 heavy (non-hydrogen) atoms. The third kappa shape index (κ3) is 3.88. The predicted molar refractivity (Wildman–Crippen MR) is 64.9 cm³/mol. The summed E-state index contributed by atoms with van der Waals surface area (Å²) in [5.41, 5.74) is -1.41. The number of ether oxygens (including phenoxy) is 1. The van der Waals surface area contributed by atoms with Gasteiger partial charge in [0.25, 0.3) is 5.56 Å². The SMILES string of the molecule is OCO.[B][C@@H]1CCC(n2cc(C=O)c(=O)[nH]c2=O)O1. The van der Waals surface area contributed by atoms with Crippen LogP contribution in [0.25, 0.3) is 0 Å². The molecule has 0 saturated carbocycles. The predicted octanol–water partition coefficient (Wildman–Crippen LogP) is -1.92. The smallest absolute Gasteiger partial charge is 0.330 e. The summed E-state index contributed by atoms with van der Waals surface area (Å²) in [5.74, 6) is 0. The van der Waals surface area contributed by atoms with E-state index >= 15 is 0 Å². The Kier molecular flexibility index (Phi) is 5.68.